The van der Waals surface area contributed by atoms with Crippen molar-refractivity contribution in [3.05, 3.63) is 53.9 Å². The molecule has 2 aromatic heterocycles. The van der Waals surface area contributed by atoms with E-state index in [1.807, 2.05) is 11.0 Å². The Kier molecular flexibility index (Phi) is 5.06. The van der Waals surface area contributed by atoms with Gasteiger partial charge < -0.3 is 10.2 Å². The second-order valence-corrected chi connectivity index (χ2v) is 7.18. The van der Waals surface area contributed by atoms with Gasteiger partial charge in [0.1, 0.15) is 11.0 Å². The Bertz CT molecular complexity index is 951. The molecule has 1 aliphatic rings. The molecule has 1 aliphatic heterocycles. The fraction of sp³-hybridized carbons (Fsp3) is 0.316. The summed E-state index contributed by atoms with van der Waals surface area (Å²) in [5.41, 5.74) is 2.82. The number of carbonyl (C=O) groups excluding carboxylic acids is 2. The molecular weight excluding hydrogens is 362 g/mol. The fourth-order valence-electron chi connectivity index (χ4n) is 3.28. The van der Waals surface area contributed by atoms with Gasteiger partial charge in [0.2, 0.25) is 0 Å². The van der Waals surface area contributed by atoms with Gasteiger partial charge >= 0.3 is 0 Å². The average Bonchev–Trinajstić information content (AvgIpc) is 3.20. The molecule has 1 saturated heterocycles. The van der Waals surface area contributed by atoms with Gasteiger partial charge in [-0.1, -0.05) is 0 Å². The number of aromatic nitrogens is 3. The highest BCUT2D eigenvalue weighted by atomic mass is 32.1. The zero-order valence-electron chi connectivity index (χ0n) is 14.7. The van der Waals surface area contributed by atoms with Gasteiger partial charge in [0, 0.05) is 43.2 Å². The van der Waals surface area contributed by atoms with Crippen molar-refractivity contribution >= 4 is 34.6 Å². The number of rotatable bonds is 4. The van der Waals surface area contributed by atoms with Crippen LogP contribution in [-0.4, -0.2) is 50.1 Å². The lowest BCUT2D eigenvalue weighted by Crippen LogP contribution is -2.41. The number of piperidine rings is 1. The fourth-order valence-corrected chi connectivity index (χ4v) is 3.80. The first kappa shape index (κ1) is 17.5. The van der Waals surface area contributed by atoms with Crippen LogP contribution in [0.5, 0.6) is 0 Å². The number of amides is 2. The van der Waals surface area contributed by atoms with Crippen molar-refractivity contribution < 1.29 is 9.59 Å². The summed E-state index contributed by atoms with van der Waals surface area (Å²) in [4.78, 5) is 30.7. The lowest BCUT2D eigenvalue weighted by Gasteiger charge is -2.32. The SMILES string of the molecule is O=C(NCC1CCN(C(=O)c2ccncc2)CC1)c1ccc2nsnc2c1. The van der Waals surface area contributed by atoms with Crippen molar-refractivity contribution in [2.45, 2.75) is 12.8 Å². The van der Waals surface area contributed by atoms with Crippen molar-refractivity contribution in [3.8, 4) is 0 Å². The molecule has 2 amide bonds. The van der Waals surface area contributed by atoms with Crippen LogP contribution in [0.2, 0.25) is 0 Å². The van der Waals surface area contributed by atoms with Gasteiger partial charge in [-0.25, -0.2) is 0 Å². The highest BCUT2D eigenvalue weighted by Gasteiger charge is 2.24. The first-order valence-electron chi connectivity index (χ1n) is 8.90. The van der Waals surface area contributed by atoms with E-state index in [4.69, 9.17) is 0 Å². The zero-order chi connectivity index (χ0) is 18.6. The van der Waals surface area contributed by atoms with Gasteiger partial charge in [-0.2, -0.15) is 8.75 Å². The molecule has 3 heterocycles. The van der Waals surface area contributed by atoms with E-state index in [0.717, 1.165) is 35.6 Å². The van der Waals surface area contributed by atoms with Crippen LogP contribution in [0.25, 0.3) is 11.0 Å². The molecule has 0 atom stereocenters. The van der Waals surface area contributed by atoms with Crippen LogP contribution in [0.15, 0.2) is 42.7 Å². The largest absolute Gasteiger partial charge is 0.352 e. The summed E-state index contributed by atoms with van der Waals surface area (Å²) in [5.74, 6) is 0.324. The number of hydrogen-bond donors (Lipinski definition) is 1. The molecule has 27 heavy (non-hydrogen) atoms. The molecular formula is C19H19N5O2S. The lowest BCUT2D eigenvalue weighted by molar-refractivity contribution is 0.0684. The van der Waals surface area contributed by atoms with Gasteiger partial charge in [0.15, 0.2) is 0 Å². The summed E-state index contributed by atoms with van der Waals surface area (Å²) < 4.78 is 8.32. The highest BCUT2D eigenvalue weighted by molar-refractivity contribution is 7.00. The normalized spacial score (nSPS) is 15.0. The van der Waals surface area contributed by atoms with Crippen molar-refractivity contribution in [1.29, 1.82) is 0 Å². The first-order valence-corrected chi connectivity index (χ1v) is 9.63. The molecule has 0 radical (unpaired) electrons. The number of nitrogens with one attached hydrogen (secondary N) is 1. The molecule has 1 N–H and O–H groups in total. The third kappa shape index (κ3) is 3.95. The predicted octanol–water partition coefficient (Wildman–Crippen LogP) is 2.37. The monoisotopic (exact) mass is 381 g/mol. The Hall–Kier alpha value is -2.87. The zero-order valence-corrected chi connectivity index (χ0v) is 15.5. The molecule has 1 fully saturated rings. The lowest BCUT2D eigenvalue weighted by atomic mass is 9.96. The molecule has 3 aromatic rings. The van der Waals surface area contributed by atoms with Gasteiger partial charge in [-0.05, 0) is 49.1 Å². The van der Waals surface area contributed by atoms with Crippen LogP contribution in [0.3, 0.4) is 0 Å². The number of nitrogens with zero attached hydrogens (tertiary/aromatic N) is 4. The number of pyridine rings is 1. The van der Waals surface area contributed by atoms with Gasteiger partial charge in [-0.15, -0.1) is 0 Å². The van der Waals surface area contributed by atoms with E-state index in [-0.39, 0.29) is 11.8 Å². The van der Waals surface area contributed by atoms with E-state index in [9.17, 15) is 9.59 Å². The second kappa shape index (κ2) is 7.79. The van der Waals surface area contributed by atoms with Gasteiger partial charge in [0.05, 0.1) is 11.7 Å². The van der Waals surface area contributed by atoms with Crippen molar-refractivity contribution in [2.24, 2.45) is 5.92 Å². The number of benzene rings is 1. The third-order valence-electron chi connectivity index (χ3n) is 4.90. The first-order chi connectivity index (χ1) is 13.2. The highest BCUT2D eigenvalue weighted by Crippen LogP contribution is 2.19. The molecule has 0 spiro atoms. The van der Waals surface area contributed by atoms with Crippen LogP contribution in [0.4, 0.5) is 0 Å². The molecule has 8 heteroatoms. The van der Waals surface area contributed by atoms with Crippen LogP contribution < -0.4 is 5.32 Å². The minimum atomic E-state index is -0.0970. The van der Waals surface area contributed by atoms with Crippen LogP contribution in [-0.2, 0) is 0 Å². The Labute approximate surface area is 160 Å². The number of carbonyl (C=O) groups is 2. The molecule has 0 saturated carbocycles. The average molecular weight is 381 g/mol. The topological polar surface area (TPSA) is 88.1 Å². The number of fused-ring (bicyclic) bond motifs is 1. The minimum absolute atomic E-state index is 0.0464. The molecule has 0 unspecified atom stereocenters. The minimum Gasteiger partial charge on any atom is -0.352 e. The van der Waals surface area contributed by atoms with E-state index < -0.39 is 0 Å². The molecule has 0 aliphatic carbocycles. The number of likely N-dealkylation sites (tertiary alicyclic amines) is 1. The van der Waals surface area contributed by atoms with Crippen molar-refractivity contribution in [2.75, 3.05) is 19.6 Å². The maximum Gasteiger partial charge on any atom is 0.253 e. The van der Waals surface area contributed by atoms with Crippen molar-refractivity contribution in [3.63, 3.8) is 0 Å². The summed E-state index contributed by atoms with van der Waals surface area (Å²) in [6.45, 7) is 2.03. The maximum atomic E-state index is 12.5. The summed E-state index contributed by atoms with van der Waals surface area (Å²) in [6, 6.07) is 8.84. The molecule has 0 bridgehead atoms. The Morgan fingerprint density at radius 2 is 1.78 bits per heavy atom. The van der Waals surface area contributed by atoms with Crippen molar-refractivity contribution in [1.82, 2.24) is 23.9 Å². The van der Waals surface area contributed by atoms with E-state index in [1.54, 1.807) is 36.7 Å². The maximum absolute atomic E-state index is 12.5. The Morgan fingerprint density at radius 3 is 2.56 bits per heavy atom. The molecule has 4 rings (SSSR count). The second-order valence-electron chi connectivity index (χ2n) is 6.65. The number of hydrogen-bond acceptors (Lipinski definition) is 6. The Balaban J connectivity index is 1.28. The third-order valence-corrected chi connectivity index (χ3v) is 5.45. The molecule has 1 aromatic carbocycles. The summed E-state index contributed by atoms with van der Waals surface area (Å²) in [5, 5.41) is 3.01. The smallest absolute Gasteiger partial charge is 0.253 e. The van der Waals surface area contributed by atoms with Crippen LogP contribution >= 0.6 is 11.7 Å². The summed E-state index contributed by atoms with van der Waals surface area (Å²) >= 11 is 1.14. The van der Waals surface area contributed by atoms with E-state index in [2.05, 4.69) is 19.0 Å². The van der Waals surface area contributed by atoms with E-state index in [1.165, 1.54) is 0 Å². The molecule has 138 valence electrons. The van der Waals surface area contributed by atoms with Crippen LogP contribution in [0, 0.1) is 5.92 Å². The van der Waals surface area contributed by atoms with E-state index >= 15 is 0 Å². The summed E-state index contributed by atoms with van der Waals surface area (Å²) in [7, 11) is 0. The van der Waals surface area contributed by atoms with Gasteiger partial charge in [0.25, 0.3) is 11.8 Å². The Morgan fingerprint density at radius 1 is 1.04 bits per heavy atom. The summed E-state index contributed by atoms with van der Waals surface area (Å²) in [6.07, 6.45) is 5.03. The predicted molar refractivity (Wildman–Crippen MR) is 103 cm³/mol. The quantitative estimate of drug-likeness (QED) is 0.750. The van der Waals surface area contributed by atoms with E-state index in [0.29, 0.717) is 36.7 Å². The standard InChI is InChI=1S/C19H19N5O2S/c25-18(15-1-2-16-17(11-15)23-27-22-16)21-12-13-5-9-24(10-6-13)19(26)14-3-7-20-8-4-14/h1-4,7-8,11,13H,5-6,9-10,12H2,(H,21,25). The van der Waals surface area contributed by atoms with Gasteiger partial charge in [-0.3, -0.25) is 14.6 Å². The van der Waals surface area contributed by atoms with Crippen LogP contribution in [0.1, 0.15) is 33.6 Å². The molecule has 7 nitrogen and oxygen atoms in total.